The van der Waals surface area contributed by atoms with Gasteiger partial charge < -0.3 is 10.8 Å². The van der Waals surface area contributed by atoms with Crippen LogP contribution in [-0.2, 0) is 5.60 Å². The highest BCUT2D eigenvalue weighted by Crippen LogP contribution is 2.17. The van der Waals surface area contributed by atoms with Gasteiger partial charge in [0.05, 0.1) is 11.9 Å². The van der Waals surface area contributed by atoms with Crippen LogP contribution in [0.1, 0.15) is 12.6 Å². The van der Waals surface area contributed by atoms with E-state index in [1.807, 2.05) is 30.3 Å². The second-order valence-corrected chi connectivity index (χ2v) is 3.86. The van der Waals surface area contributed by atoms with Gasteiger partial charge in [-0.1, -0.05) is 23.4 Å². The molecule has 0 spiro atoms. The molecule has 0 aliphatic heterocycles. The molecule has 0 saturated heterocycles. The monoisotopic (exact) mass is 218 g/mol. The smallest absolute Gasteiger partial charge is 0.119 e. The number of hydrogen-bond donors (Lipinski definition) is 2. The lowest BCUT2D eigenvalue weighted by Crippen LogP contribution is -2.31. The molecule has 3 N–H and O–H groups in total. The van der Waals surface area contributed by atoms with E-state index in [2.05, 4.69) is 10.3 Å². The van der Waals surface area contributed by atoms with Gasteiger partial charge in [-0.15, -0.1) is 5.10 Å². The fourth-order valence-corrected chi connectivity index (χ4v) is 1.32. The third kappa shape index (κ3) is 1.95. The number of nitrogens with zero attached hydrogens (tertiary/aromatic N) is 3. The van der Waals surface area contributed by atoms with Crippen molar-refractivity contribution in [3.05, 3.63) is 42.2 Å². The summed E-state index contributed by atoms with van der Waals surface area (Å²) in [6, 6.07) is 9.58. The number of aliphatic hydroxyl groups is 1. The second kappa shape index (κ2) is 4.03. The van der Waals surface area contributed by atoms with Gasteiger partial charge in [0, 0.05) is 6.54 Å². The molecule has 2 rings (SSSR count). The zero-order valence-corrected chi connectivity index (χ0v) is 9.04. The summed E-state index contributed by atoms with van der Waals surface area (Å²) in [6.07, 6.45) is 1.68. The van der Waals surface area contributed by atoms with Gasteiger partial charge in [-0.2, -0.15) is 0 Å². The van der Waals surface area contributed by atoms with E-state index in [0.717, 1.165) is 5.69 Å². The fraction of sp³-hybridized carbons (Fsp3) is 0.273. The van der Waals surface area contributed by atoms with Crippen LogP contribution in [-0.4, -0.2) is 26.6 Å². The molecule has 0 amide bonds. The quantitative estimate of drug-likeness (QED) is 0.783. The van der Waals surface area contributed by atoms with E-state index in [1.54, 1.807) is 17.8 Å². The Labute approximate surface area is 93.5 Å². The second-order valence-electron chi connectivity index (χ2n) is 3.86. The summed E-state index contributed by atoms with van der Waals surface area (Å²) in [5, 5.41) is 17.8. The van der Waals surface area contributed by atoms with Crippen LogP contribution in [0.25, 0.3) is 5.69 Å². The fourth-order valence-electron chi connectivity index (χ4n) is 1.32. The van der Waals surface area contributed by atoms with Crippen molar-refractivity contribution in [3.8, 4) is 5.69 Å². The number of hydrogen-bond acceptors (Lipinski definition) is 4. The summed E-state index contributed by atoms with van der Waals surface area (Å²) in [5.41, 5.74) is 5.70. The molecule has 1 atom stereocenters. The summed E-state index contributed by atoms with van der Waals surface area (Å²) in [7, 11) is 0. The molecular formula is C11H14N4O. The normalized spacial score (nSPS) is 14.7. The largest absolute Gasteiger partial charge is 0.382 e. The molecular weight excluding hydrogens is 204 g/mol. The summed E-state index contributed by atoms with van der Waals surface area (Å²) in [5.74, 6) is 0. The summed E-state index contributed by atoms with van der Waals surface area (Å²) in [6.45, 7) is 1.73. The average molecular weight is 218 g/mol. The Hall–Kier alpha value is -1.72. The molecule has 0 saturated carbocycles. The van der Waals surface area contributed by atoms with Gasteiger partial charge >= 0.3 is 0 Å². The minimum atomic E-state index is -1.13. The average Bonchev–Trinajstić information content (AvgIpc) is 2.80. The molecule has 0 fully saturated rings. The first-order valence-electron chi connectivity index (χ1n) is 5.04. The highest BCUT2D eigenvalue weighted by atomic mass is 16.3. The molecule has 16 heavy (non-hydrogen) atoms. The number of benzene rings is 1. The lowest BCUT2D eigenvalue weighted by molar-refractivity contribution is 0.0621. The van der Waals surface area contributed by atoms with Crippen LogP contribution in [0.5, 0.6) is 0 Å². The van der Waals surface area contributed by atoms with Crippen LogP contribution >= 0.6 is 0 Å². The molecule has 5 nitrogen and oxygen atoms in total. The number of aromatic nitrogens is 3. The lowest BCUT2D eigenvalue weighted by Gasteiger charge is -2.16. The maximum absolute atomic E-state index is 9.91. The molecule has 1 aromatic heterocycles. The van der Waals surface area contributed by atoms with Gasteiger partial charge in [0.1, 0.15) is 11.3 Å². The van der Waals surface area contributed by atoms with Crippen LogP contribution < -0.4 is 5.73 Å². The van der Waals surface area contributed by atoms with Crippen molar-refractivity contribution in [1.29, 1.82) is 0 Å². The number of para-hydroxylation sites is 1. The third-order valence-electron chi connectivity index (χ3n) is 2.46. The molecule has 1 unspecified atom stereocenters. The molecule has 84 valence electrons. The Morgan fingerprint density at radius 1 is 1.38 bits per heavy atom. The first-order chi connectivity index (χ1) is 7.63. The van der Waals surface area contributed by atoms with Gasteiger partial charge in [-0.25, -0.2) is 4.68 Å². The Morgan fingerprint density at radius 3 is 2.69 bits per heavy atom. The highest BCUT2D eigenvalue weighted by molar-refractivity contribution is 5.30. The van der Waals surface area contributed by atoms with Gasteiger partial charge in [0.2, 0.25) is 0 Å². The minimum Gasteiger partial charge on any atom is -0.382 e. The summed E-state index contributed by atoms with van der Waals surface area (Å²) in [4.78, 5) is 0. The maximum atomic E-state index is 9.91. The molecule has 2 aromatic rings. The molecule has 0 aliphatic carbocycles. The predicted molar refractivity (Wildman–Crippen MR) is 60.0 cm³/mol. The van der Waals surface area contributed by atoms with E-state index in [4.69, 9.17) is 5.73 Å². The van der Waals surface area contributed by atoms with E-state index in [1.165, 1.54) is 0 Å². The Bertz CT molecular complexity index is 464. The first-order valence-corrected chi connectivity index (χ1v) is 5.04. The first kappa shape index (κ1) is 10.8. The molecule has 0 bridgehead atoms. The SMILES string of the molecule is CC(O)(CN)c1cn(-c2ccccc2)nn1. The van der Waals surface area contributed by atoms with E-state index in [-0.39, 0.29) is 6.54 Å². The van der Waals surface area contributed by atoms with Crippen LogP contribution in [0, 0.1) is 0 Å². The minimum absolute atomic E-state index is 0.112. The van der Waals surface area contributed by atoms with Crippen molar-refractivity contribution in [1.82, 2.24) is 15.0 Å². The Kier molecular flexibility index (Phi) is 2.72. The molecule has 1 aromatic carbocycles. The van der Waals surface area contributed by atoms with Crippen LogP contribution in [0.4, 0.5) is 0 Å². The zero-order valence-electron chi connectivity index (χ0n) is 9.04. The Balaban J connectivity index is 2.34. The van der Waals surface area contributed by atoms with Crippen LogP contribution in [0.2, 0.25) is 0 Å². The van der Waals surface area contributed by atoms with E-state index < -0.39 is 5.60 Å². The summed E-state index contributed by atoms with van der Waals surface area (Å²) >= 11 is 0. The van der Waals surface area contributed by atoms with E-state index in [9.17, 15) is 5.11 Å². The maximum Gasteiger partial charge on any atom is 0.119 e. The highest BCUT2D eigenvalue weighted by Gasteiger charge is 2.24. The Morgan fingerprint density at radius 2 is 2.06 bits per heavy atom. The lowest BCUT2D eigenvalue weighted by atomic mass is 10.0. The van der Waals surface area contributed by atoms with E-state index in [0.29, 0.717) is 5.69 Å². The van der Waals surface area contributed by atoms with Gasteiger partial charge in [0.25, 0.3) is 0 Å². The van der Waals surface area contributed by atoms with Crippen LogP contribution in [0.15, 0.2) is 36.5 Å². The summed E-state index contributed by atoms with van der Waals surface area (Å²) < 4.78 is 1.61. The van der Waals surface area contributed by atoms with Crippen LogP contribution in [0.3, 0.4) is 0 Å². The standard InChI is InChI=1S/C11H14N4O/c1-11(16,8-12)10-7-15(14-13-10)9-5-3-2-4-6-9/h2-7,16H,8,12H2,1H3. The van der Waals surface area contributed by atoms with Gasteiger partial charge in [0.15, 0.2) is 0 Å². The molecule has 0 radical (unpaired) electrons. The van der Waals surface area contributed by atoms with Gasteiger partial charge in [-0.3, -0.25) is 0 Å². The van der Waals surface area contributed by atoms with E-state index >= 15 is 0 Å². The molecule has 1 heterocycles. The number of rotatable bonds is 3. The predicted octanol–water partition coefficient (Wildman–Crippen LogP) is 0.433. The van der Waals surface area contributed by atoms with Crippen molar-refractivity contribution in [2.75, 3.05) is 6.54 Å². The van der Waals surface area contributed by atoms with Crippen molar-refractivity contribution in [2.24, 2.45) is 5.73 Å². The van der Waals surface area contributed by atoms with Crippen molar-refractivity contribution in [3.63, 3.8) is 0 Å². The van der Waals surface area contributed by atoms with Gasteiger partial charge in [-0.05, 0) is 19.1 Å². The molecule has 0 aliphatic rings. The van der Waals surface area contributed by atoms with Crippen molar-refractivity contribution in [2.45, 2.75) is 12.5 Å². The zero-order chi connectivity index (χ0) is 11.6. The number of nitrogens with two attached hydrogens (primary N) is 1. The molecule has 5 heteroatoms. The van der Waals surface area contributed by atoms with Crippen molar-refractivity contribution >= 4 is 0 Å². The topological polar surface area (TPSA) is 77.0 Å². The third-order valence-corrected chi connectivity index (χ3v) is 2.46. The van der Waals surface area contributed by atoms with Crippen molar-refractivity contribution < 1.29 is 5.11 Å².